The van der Waals surface area contributed by atoms with E-state index >= 15 is 0 Å². The first kappa shape index (κ1) is 10.1. The molecule has 88 valence electrons. The van der Waals surface area contributed by atoms with Crippen molar-refractivity contribution in [2.75, 3.05) is 18.0 Å². The van der Waals surface area contributed by atoms with E-state index in [2.05, 4.69) is 15.1 Å². The highest BCUT2D eigenvalue weighted by Crippen LogP contribution is 2.35. The molecule has 2 N–H and O–H groups in total. The number of aryl methyl sites for hydroxylation is 1. The third-order valence-corrected chi connectivity index (χ3v) is 4.02. The summed E-state index contributed by atoms with van der Waals surface area (Å²) in [6, 6.07) is 0. The van der Waals surface area contributed by atoms with Crippen LogP contribution in [0, 0.1) is 0 Å². The quantitative estimate of drug-likeness (QED) is 0.812. The van der Waals surface area contributed by atoms with Crippen molar-refractivity contribution in [1.82, 2.24) is 10.2 Å². The minimum atomic E-state index is -0.360. The molecule has 16 heavy (non-hydrogen) atoms. The molecule has 0 aromatic carbocycles. The molecule has 1 fully saturated rings. The fraction of sp³-hybridized carbons (Fsp3) is 0.750. The lowest BCUT2D eigenvalue weighted by Gasteiger charge is -2.39. The molecule has 0 saturated heterocycles. The summed E-state index contributed by atoms with van der Waals surface area (Å²) < 4.78 is 0. The van der Waals surface area contributed by atoms with Crippen LogP contribution < -0.4 is 4.90 Å². The number of aromatic amines is 1. The maximum Gasteiger partial charge on any atom is 0.0782 e. The number of hydrogen-bond donors (Lipinski definition) is 2. The summed E-state index contributed by atoms with van der Waals surface area (Å²) >= 11 is 0. The van der Waals surface area contributed by atoms with Crippen molar-refractivity contribution < 1.29 is 5.11 Å². The molecule has 1 aromatic heterocycles. The van der Waals surface area contributed by atoms with Gasteiger partial charge in [-0.2, -0.15) is 5.10 Å². The van der Waals surface area contributed by atoms with Crippen molar-refractivity contribution >= 4 is 5.69 Å². The van der Waals surface area contributed by atoms with E-state index in [4.69, 9.17) is 0 Å². The van der Waals surface area contributed by atoms with Gasteiger partial charge in [0.15, 0.2) is 0 Å². The lowest BCUT2D eigenvalue weighted by Crippen LogP contribution is -2.41. The summed E-state index contributed by atoms with van der Waals surface area (Å²) in [6.45, 7) is 2.06. The van der Waals surface area contributed by atoms with Gasteiger partial charge in [-0.05, 0) is 38.5 Å². The number of nitrogens with zero attached hydrogens (tertiary/aromatic N) is 2. The molecule has 0 atom stereocenters. The molecule has 0 amide bonds. The average molecular weight is 221 g/mol. The summed E-state index contributed by atoms with van der Waals surface area (Å²) in [5.41, 5.74) is 2.14. The van der Waals surface area contributed by atoms with Crippen molar-refractivity contribution in [3.63, 3.8) is 0 Å². The molecule has 0 unspecified atom stereocenters. The van der Waals surface area contributed by atoms with Gasteiger partial charge >= 0.3 is 0 Å². The van der Waals surface area contributed by atoms with Crippen LogP contribution >= 0.6 is 0 Å². The van der Waals surface area contributed by atoms with Crippen LogP contribution in [0.4, 0.5) is 5.69 Å². The zero-order valence-electron chi connectivity index (χ0n) is 9.58. The van der Waals surface area contributed by atoms with Crippen LogP contribution in [0.25, 0.3) is 0 Å². The highest BCUT2D eigenvalue weighted by atomic mass is 16.3. The van der Waals surface area contributed by atoms with Gasteiger partial charge in [0.25, 0.3) is 0 Å². The molecule has 1 aromatic rings. The van der Waals surface area contributed by atoms with Gasteiger partial charge < -0.3 is 10.0 Å². The Balaban J connectivity index is 1.64. The molecule has 2 aliphatic rings. The average Bonchev–Trinajstić information content (AvgIpc) is 2.72. The Bertz CT molecular complexity index is 370. The van der Waals surface area contributed by atoms with E-state index < -0.39 is 0 Å². The highest BCUT2D eigenvalue weighted by molar-refractivity contribution is 5.50. The van der Waals surface area contributed by atoms with E-state index in [1.54, 1.807) is 0 Å². The van der Waals surface area contributed by atoms with Crippen LogP contribution in [0.2, 0.25) is 0 Å². The first-order valence-electron chi connectivity index (χ1n) is 6.26. The van der Waals surface area contributed by atoms with Gasteiger partial charge in [0.1, 0.15) is 0 Å². The normalized spacial score (nSPS) is 22.7. The first-order valence-corrected chi connectivity index (χ1v) is 6.26. The number of aromatic nitrogens is 2. The minimum absolute atomic E-state index is 0.360. The minimum Gasteiger partial charge on any atom is -0.390 e. The number of H-pyrrole nitrogens is 1. The van der Waals surface area contributed by atoms with E-state index in [1.807, 2.05) is 6.20 Å². The second kappa shape index (κ2) is 3.77. The topological polar surface area (TPSA) is 52.1 Å². The van der Waals surface area contributed by atoms with E-state index in [9.17, 15) is 5.11 Å². The van der Waals surface area contributed by atoms with Crippen molar-refractivity contribution in [3.8, 4) is 0 Å². The Labute approximate surface area is 95.7 Å². The summed E-state index contributed by atoms with van der Waals surface area (Å²) in [5, 5.41) is 17.3. The molecule has 1 saturated carbocycles. The Hall–Kier alpha value is -1.03. The van der Waals surface area contributed by atoms with Gasteiger partial charge in [-0.15, -0.1) is 0 Å². The van der Waals surface area contributed by atoms with Crippen molar-refractivity contribution in [2.45, 2.75) is 44.1 Å². The molecule has 0 spiro atoms. The molecule has 3 rings (SSSR count). The Morgan fingerprint density at radius 1 is 1.44 bits per heavy atom. The molecular weight excluding hydrogens is 202 g/mol. The summed E-state index contributed by atoms with van der Waals surface area (Å²) in [6.07, 6.45) is 8.27. The van der Waals surface area contributed by atoms with Gasteiger partial charge in [-0.3, -0.25) is 5.10 Å². The zero-order valence-corrected chi connectivity index (χ0v) is 9.58. The standard InChI is InChI=1S/C12H19N3O/c16-12(4-2-5-12)6-8-15-7-1-3-10-11(15)9-13-14-10/h9,16H,1-8H2,(H,13,14). The molecular formula is C12H19N3O. The number of hydrogen-bond acceptors (Lipinski definition) is 3. The maximum atomic E-state index is 10.1. The predicted octanol–water partition coefficient (Wildman–Crippen LogP) is 1.47. The molecule has 4 heteroatoms. The number of rotatable bonds is 3. The SMILES string of the molecule is OC1(CCN2CCCc3[nH]ncc32)CCC1. The number of fused-ring (bicyclic) bond motifs is 1. The number of aliphatic hydroxyl groups is 1. The smallest absolute Gasteiger partial charge is 0.0782 e. The van der Waals surface area contributed by atoms with Crippen molar-refractivity contribution in [2.24, 2.45) is 0 Å². The Morgan fingerprint density at radius 2 is 2.31 bits per heavy atom. The first-order chi connectivity index (χ1) is 7.77. The lowest BCUT2D eigenvalue weighted by molar-refractivity contribution is -0.0382. The van der Waals surface area contributed by atoms with Crippen molar-refractivity contribution in [1.29, 1.82) is 0 Å². The number of nitrogens with one attached hydrogen (secondary N) is 1. The van der Waals surface area contributed by atoms with E-state index in [-0.39, 0.29) is 5.60 Å². The van der Waals surface area contributed by atoms with Gasteiger partial charge in [0, 0.05) is 13.1 Å². The van der Waals surface area contributed by atoms with Crippen LogP contribution in [0.3, 0.4) is 0 Å². The predicted molar refractivity (Wildman–Crippen MR) is 62.5 cm³/mol. The van der Waals surface area contributed by atoms with E-state index in [1.165, 1.54) is 24.2 Å². The van der Waals surface area contributed by atoms with Gasteiger partial charge in [-0.25, -0.2) is 0 Å². The third-order valence-electron chi connectivity index (χ3n) is 4.02. The summed E-state index contributed by atoms with van der Waals surface area (Å²) in [7, 11) is 0. The monoisotopic (exact) mass is 221 g/mol. The largest absolute Gasteiger partial charge is 0.390 e. The highest BCUT2D eigenvalue weighted by Gasteiger charge is 2.34. The fourth-order valence-electron chi connectivity index (χ4n) is 2.74. The molecule has 1 aliphatic carbocycles. The van der Waals surface area contributed by atoms with E-state index in [0.29, 0.717) is 0 Å². The van der Waals surface area contributed by atoms with Gasteiger partial charge in [-0.1, -0.05) is 0 Å². The van der Waals surface area contributed by atoms with Crippen LogP contribution in [-0.2, 0) is 6.42 Å². The van der Waals surface area contributed by atoms with Gasteiger partial charge in [0.05, 0.1) is 23.2 Å². The summed E-state index contributed by atoms with van der Waals surface area (Å²) in [5.74, 6) is 0. The maximum absolute atomic E-state index is 10.1. The summed E-state index contributed by atoms with van der Waals surface area (Å²) in [4.78, 5) is 2.36. The molecule has 0 radical (unpaired) electrons. The second-order valence-electron chi connectivity index (χ2n) is 5.15. The molecule has 1 aliphatic heterocycles. The zero-order chi connectivity index (χ0) is 11.0. The van der Waals surface area contributed by atoms with Crippen LogP contribution in [0.1, 0.15) is 37.8 Å². The lowest BCUT2D eigenvalue weighted by atomic mass is 9.78. The Morgan fingerprint density at radius 3 is 3.06 bits per heavy atom. The van der Waals surface area contributed by atoms with Gasteiger partial charge in [0.2, 0.25) is 0 Å². The molecule has 0 bridgehead atoms. The molecule has 2 heterocycles. The second-order valence-corrected chi connectivity index (χ2v) is 5.15. The third kappa shape index (κ3) is 1.71. The Kier molecular flexibility index (Phi) is 2.39. The number of anilines is 1. The van der Waals surface area contributed by atoms with Crippen molar-refractivity contribution in [3.05, 3.63) is 11.9 Å². The molecule has 4 nitrogen and oxygen atoms in total. The van der Waals surface area contributed by atoms with Crippen LogP contribution in [-0.4, -0.2) is 34.0 Å². The van der Waals surface area contributed by atoms with Crippen LogP contribution in [0.5, 0.6) is 0 Å². The fourth-order valence-corrected chi connectivity index (χ4v) is 2.74. The van der Waals surface area contributed by atoms with Crippen LogP contribution in [0.15, 0.2) is 6.20 Å². The van der Waals surface area contributed by atoms with E-state index in [0.717, 1.165) is 38.8 Å².